The second kappa shape index (κ2) is 8.54. The first-order chi connectivity index (χ1) is 16.4. The van der Waals surface area contributed by atoms with E-state index in [1.54, 1.807) is 36.4 Å². The highest BCUT2D eigenvalue weighted by Crippen LogP contribution is 2.36. The van der Waals surface area contributed by atoms with Gasteiger partial charge < -0.3 is 10.7 Å². The zero-order valence-electron chi connectivity index (χ0n) is 17.8. The SMILES string of the molecule is Nc1c(N=Nc2ccc(/C=C\c3nc4ccccc4[nH]3)cc2)cc(S(=O)(=O)O)c2ccccc12. The van der Waals surface area contributed by atoms with Crippen LogP contribution in [0.5, 0.6) is 0 Å². The Hall–Kier alpha value is -4.34. The smallest absolute Gasteiger partial charge is 0.295 e. The normalized spacial score (nSPS) is 12.4. The molecule has 4 aromatic carbocycles. The predicted octanol–water partition coefficient (Wildman–Crippen LogP) is 6.13. The quantitative estimate of drug-likeness (QED) is 0.162. The van der Waals surface area contributed by atoms with E-state index in [1.807, 2.05) is 48.6 Å². The number of nitrogen functional groups attached to an aromatic ring is 1. The summed E-state index contributed by atoms with van der Waals surface area (Å²) >= 11 is 0. The number of anilines is 1. The number of benzene rings is 4. The maximum Gasteiger partial charge on any atom is 0.295 e. The highest BCUT2D eigenvalue weighted by molar-refractivity contribution is 7.86. The van der Waals surface area contributed by atoms with E-state index in [4.69, 9.17) is 5.73 Å². The first-order valence-corrected chi connectivity index (χ1v) is 11.8. The van der Waals surface area contributed by atoms with Crippen molar-refractivity contribution in [3.63, 3.8) is 0 Å². The van der Waals surface area contributed by atoms with E-state index in [1.165, 1.54) is 6.07 Å². The van der Waals surface area contributed by atoms with Crippen LogP contribution in [0.4, 0.5) is 17.1 Å². The van der Waals surface area contributed by atoms with E-state index in [9.17, 15) is 13.0 Å². The van der Waals surface area contributed by atoms with E-state index in [0.29, 0.717) is 16.5 Å². The number of hydrogen-bond acceptors (Lipinski definition) is 6. The molecule has 0 atom stereocenters. The van der Waals surface area contributed by atoms with Gasteiger partial charge in [-0.15, -0.1) is 5.11 Å². The van der Waals surface area contributed by atoms with Crippen molar-refractivity contribution in [2.24, 2.45) is 10.2 Å². The van der Waals surface area contributed by atoms with Crippen LogP contribution in [0.25, 0.3) is 34.0 Å². The zero-order chi connectivity index (χ0) is 23.7. The third-order valence-electron chi connectivity index (χ3n) is 5.31. The number of aromatic nitrogens is 2. The van der Waals surface area contributed by atoms with E-state index < -0.39 is 10.1 Å². The molecule has 0 bridgehead atoms. The molecule has 0 aliphatic carbocycles. The molecule has 0 saturated heterocycles. The van der Waals surface area contributed by atoms with Crippen molar-refractivity contribution in [2.45, 2.75) is 4.90 Å². The maximum absolute atomic E-state index is 11.9. The van der Waals surface area contributed by atoms with Gasteiger partial charge in [0, 0.05) is 10.8 Å². The van der Waals surface area contributed by atoms with Gasteiger partial charge in [0.05, 0.1) is 22.4 Å². The van der Waals surface area contributed by atoms with Crippen LogP contribution in [0.15, 0.2) is 94.0 Å². The highest BCUT2D eigenvalue weighted by atomic mass is 32.2. The molecule has 0 amide bonds. The van der Waals surface area contributed by atoms with Gasteiger partial charge in [-0.25, -0.2) is 4.98 Å². The summed E-state index contributed by atoms with van der Waals surface area (Å²) in [6, 6.07) is 23.0. The summed E-state index contributed by atoms with van der Waals surface area (Å²) in [6.07, 6.45) is 3.82. The third-order valence-corrected chi connectivity index (χ3v) is 6.21. The Morgan fingerprint density at radius 2 is 1.59 bits per heavy atom. The second-order valence-electron chi connectivity index (χ2n) is 7.59. The Balaban J connectivity index is 1.40. The fourth-order valence-electron chi connectivity index (χ4n) is 3.64. The minimum absolute atomic E-state index is 0.153. The molecule has 5 aromatic rings. The molecule has 9 heteroatoms. The number of nitrogens with zero attached hydrogens (tertiary/aromatic N) is 3. The summed E-state index contributed by atoms with van der Waals surface area (Å²) in [7, 11) is -4.47. The molecule has 34 heavy (non-hydrogen) atoms. The molecule has 1 aromatic heterocycles. The lowest BCUT2D eigenvalue weighted by molar-refractivity contribution is 0.484. The number of imidazole rings is 1. The largest absolute Gasteiger partial charge is 0.396 e. The minimum atomic E-state index is -4.47. The molecule has 1 heterocycles. The Bertz CT molecular complexity index is 1650. The van der Waals surface area contributed by atoms with Gasteiger partial charge in [0.15, 0.2) is 0 Å². The van der Waals surface area contributed by atoms with Crippen LogP contribution in [-0.4, -0.2) is 22.9 Å². The van der Waals surface area contributed by atoms with Crippen molar-refractivity contribution in [3.8, 4) is 0 Å². The van der Waals surface area contributed by atoms with E-state index >= 15 is 0 Å². The molecule has 8 nitrogen and oxygen atoms in total. The molecule has 0 fully saturated rings. The molecule has 0 aliphatic rings. The van der Waals surface area contributed by atoms with Crippen molar-refractivity contribution in [3.05, 3.63) is 90.3 Å². The number of hydrogen-bond donors (Lipinski definition) is 3. The van der Waals surface area contributed by atoms with Gasteiger partial charge in [-0.1, -0.05) is 54.6 Å². The Kier molecular flexibility index (Phi) is 5.40. The van der Waals surface area contributed by atoms with Gasteiger partial charge in [0.1, 0.15) is 16.4 Å². The molecule has 5 rings (SSSR count). The molecule has 0 unspecified atom stereocenters. The standard InChI is InChI=1S/C25H19N5O3S/c26-25-19-6-2-1-5-18(19)23(34(31,32)33)15-22(25)30-29-17-12-9-16(10-13-17)11-14-24-27-20-7-3-4-8-21(20)28-24/h1-15H,26H2,(H,27,28)(H,31,32,33)/b14-11-,30-29?. The van der Waals surface area contributed by atoms with Crippen molar-refractivity contribution >= 4 is 61.1 Å². The van der Waals surface area contributed by atoms with E-state index in [2.05, 4.69) is 20.2 Å². The second-order valence-corrected chi connectivity index (χ2v) is 8.98. The lowest BCUT2D eigenvalue weighted by Gasteiger charge is -2.09. The third kappa shape index (κ3) is 4.29. The Morgan fingerprint density at radius 1 is 0.882 bits per heavy atom. The van der Waals surface area contributed by atoms with Crippen LogP contribution in [0, 0.1) is 0 Å². The van der Waals surface area contributed by atoms with Gasteiger partial charge in [0.25, 0.3) is 10.1 Å². The maximum atomic E-state index is 11.9. The summed E-state index contributed by atoms with van der Waals surface area (Å²) in [6.45, 7) is 0. The first kappa shape index (κ1) is 21.5. The monoisotopic (exact) mass is 469 g/mol. The van der Waals surface area contributed by atoms with Gasteiger partial charge in [-0.05, 0) is 42.0 Å². The fraction of sp³-hybridized carbons (Fsp3) is 0. The Labute approximate surface area is 195 Å². The number of para-hydroxylation sites is 2. The number of nitrogens with one attached hydrogen (secondary N) is 1. The van der Waals surface area contributed by atoms with Crippen LogP contribution in [0.1, 0.15) is 11.4 Å². The molecule has 0 saturated carbocycles. The average molecular weight is 470 g/mol. The molecule has 168 valence electrons. The molecule has 0 radical (unpaired) electrons. The van der Waals surface area contributed by atoms with Crippen molar-refractivity contribution < 1.29 is 13.0 Å². The summed E-state index contributed by atoms with van der Waals surface area (Å²) < 4.78 is 33.4. The van der Waals surface area contributed by atoms with Gasteiger partial charge in [-0.3, -0.25) is 4.55 Å². The molecule has 0 aliphatic heterocycles. The lowest BCUT2D eigenvalue weighted by Crippen LogP contribution is -2.01. The van der Waals surface area contributed by atoms with Gasteiger partial charge in [0.2, 0.25) is 0 Å². The van der Waals surface area contributed by atoms with Crippen LogP contribution in [-0.2, 0) is 10.1 Å². The van der Waals surface area contributed by atoms with Crippen LogP contribution in [0.3, 0.4) is 0 Å². The zero-order valence-corrected chi connectivity index (χ0v) is 18.6. The van der Waals surface area contributed by atoms with Crippen molar-refractivity contribution in [1.29, 1.82) is 0 Å². The number of azo groups is 1. The summed E-state index contributed by atoms with van der Waals surface area (Å²) in [5.74, 6) is 0.756. The van der Waals surface area contributed by atoms with Crippen molar-refractivity contribution in [2.75, 3.05) is 5.73 Å². The van der Waals surface area contributed by atoms with E-state index in [0.717, 1.165) is 22.4 Å². The van der Waals surface area contributed by atoms with Crippen LogP contribution in [0.2, 0.25) is 0 Å². The number of H-pyrrole nitrogens is 1. The van der Waals surface area contributed by atoms with Gasteiger partial charge in [-0.2, -0.15) is 13.5 Å². The number of fused-ring (bicyclic) bond motifs is 2. The highest BCUT2D eigenvalue weighted by Gasteiger charge is 2.18. The topological polar surface area (TPSA) is 134 Å². The lowest BCUT2D eigenvalue weighted by atomic mass is 10.1. The fourth-order valence-corrected chi connectivity index (χ4v) is 4.35. The molecule has 0 spiro atoms. The summed E-state index contributed by atoms with van der Waals surface area (Å²) in [5, 5.41) is 9.11. The minimum Gasteiger partial charge on any atom is -0.396 e. The molecular weight excluding hydrogens is 450 g/mol. The first-order valence-electron chi connectivity index (χ1n) is 10.3. The number of aromatic amines is 1. The van der Waals surface area contributed by atoms with Gasteiger partial charge >= 0.3 is 0 Å². The van der Waals surface area contributed by atoms with Crippen LogP contribution >= 0.6 is 0 Å². The van der Waals surface area contributed by atoms with Crippen molar-refractivity contribution in [1.82, 2.24) is 9.97 Å². The van der Waals surface area contributed by atoms with E-state index in [-0.39, 0.29) is 16.3 Å². The summed E-state index contributed by atoms with van der Waals surface area (Å²) in [4.78, 5) is 7.49. The number of rotatable bonds is 5. The summed E-state index contributed by atoms with van der Waals surface area (Å²) in [5.41, 5.74) is 10.0. The predicted molar refractivity (Wildman–Crippen MR) is 134 cm³/mol. The average Bonchev–Trinajstić information content (AvgIpc) is 3.25. The van der Waals surface area contributed by atoms with Crippen LogP contribution < -0.4 is 5.73 Å². The Morgan fingerprint density at radius 3 is 2.32 bits per heavy atom. The molecule has 4 N–H and O–H groups in total. The molecular formula is C25H19N5O3S. The number of nitrogens with two attached hydrogens (primary N) is 1.